The number of anilines is 1. The first-order valence-electron chi connectivity index (χ1n) is 6.51. The third-order valence-electron chi connectivity index (χ3n) is 3.53. The van der Waals surface area contributed by atoms with Gasteiger partial charge in [-0.25, -0.2) is 4.98 Å². The number of hydrogen-bond acceptors (Lipinski definition) is 4. The van der Waals surface area contributed by atoms with Crippen molar-refractivity contribution in [2.45, 2.75) is 26.7 Å². The Morgan fingerprint density at radius 2 is 2.21 bits per heavy atom. The lowest BCUT2D eigenvalue weighted by Gasteiger charge is -2.29. The molecule has 0 spiro atoms. The highest BCUT2D eigenvalue weighted by Crippen LogP contribution is 2.24. The molecule has 0 aliphatic carbocycles. The molecule has 1 saturated heterocycles. The third kappa shape index (κ3) is 3.55. The van der Waals surface area contributed by atoms with E-state index in [9.17, 15) is 4.79 Å². The average Bonchev–Trinajstić information content (AvgIpc) is 2.69. The molecule has 0 bridgehead atoms. The lowest BCUT2D eigenvalue weighted by Crippen LogP contribution is -2.38. The second-order valence-corrected chi connectivity index (χ2v) is 6.11. The second-order valence-electron chi connectivity index (χ2n) is 4.90. The highest BCUT2D eigenvalue weighted by atomic mass is 32.1. The van der Waals surface area contributed by atoms with Crippen molar-refractivity contribution in [1.82, 2.24) is 9.88 Å². The van der Waals surface area contributed by atoms with Crippen molar-refractivity contribution in [3.8, 4) is 12.3 Å². The van der Waals surface area contributed by atoms with Gasteiger partial charge in [0.05, 0.1) is 12.2 Å². The number of aromatic nitrogens is 1. The molecule has 1 amide bonds. The van der Waals surface area contributed by atoms with Gasteiger partial charge in [0.2, 0.25) is 5.91 Å². The molecule has 5 heteroatoms. The number of amides is 1. The van der Waals surface area contributed by atoms with Gasteiger partial charge in [-0.15, -0.1) is 17.8 Å². The minimum atomic E-state index is 0.0820. The van der Waals surface area contributed by atoms with Crippen molar-refractivity contribution >= 4 is 22.4 Å². The van der Waals surface area contributed by atoms with Crippen LogP contribution >= 0.6 is 11.3 Å². The fourth-order valence-electron chi connectivity index (χ4n) is 2.22. The SMILES string of the molecule is C#CCN1CCC(C(=O)Nc2nc(C)c(C)s2)CC1. The van der Waals surface area contributed by atoms with Crippen LogP contribution in [0.3, 0.4) is 0 Å². The van der Waals surface area contributed by atoms with Gasteiger partial charge >= 0.3 is 0 Å². The predicted molar refractivity (Wildman–Crippen MR) is 78.2 cm³/mol. The van der Waals surface area contributed by atoms with E-state index >= 15 is 0 Å². The lowest BCUT2D eigenvalue weighted by molar-refractivity contribution is -0.121. The second kappa shape index (κ2) is 6.18. The van der Waals surface area contributed by atoms with Crippen molar-refractivity contribution in [3.63, 3.8) is 0 Å². The fourth-order valence-corrected chi connectivity index (χ4v) is 3.03. The quantitative estimate of drug-likeness (QED) is 0.860. The van der Waals surface area contributed by atoms with Crippen LogP contribution < -0.4 is 5.32 Å². The summed E-state index contributed by atoms with van der Waals surface area (Å²) in [5, 5.41) is 3.64. The van der Waals surface area contributed by atoms with Gasteiger partial charge in [0.1, 0.15) is 0 Å². The number of likely N-dealkylation sites (tertiary alicyclic amines) is 1. The fraction of sp³-hybridized carbons (Fsp3) is 0.571. The monoisotopic (exact) mass is 277 g/mol. The number of nitrogens with zero attached hydrogens (tertiary/aromatic N) is 2. The first-order chi connectivity index (χ1) is 9.10. The summed E-state index contributed by atoms with van der Waals surface area (Å²) >= 11 is 1.54. The molecule has 1 fully saturated rings. The zero-order chi connectivity index (χ0) is 13.8. The van der Waals surface area contributed by atoms with Gasteiger partial charge in [-0.3, -0.25) is 9.69 Å². The highest BCUT2D eigenvalue weighted by molar-refractivity contribution is 7.15. The maximum absolute atomic E-state index is 12.1. The molecule has 0 unspecified atom stereocenters. The molecule has 0 radical (unpaired) electrons. The van der Waals surface area contributed by atoms with Crippen LogP contribution in [0.1, 0.15) is 23.4 Å². The number of carbonyl (C=O) groups excluding carboxylic acids is 1. The highest BCUT2D eigenvalue weighted by Gasteiger charge is 2.25. The van der Waals surface area contributed by atoms with Crippen LogP contribution in [0, 0.1) is 32.1 Å². The minimum absolute atomic E-state index is 0.0820. The normalized spacial score (nSPS) is 17.1. The van der Waals surface area contributed by atoms with Gasteiger partial charge in [0.25, 0.3) is 0 Å². The van der Waals surface area contributed by atoms with Crippen LogP contribution in [0.4, 0.5) is 5.13 Å². The summed E-state index contributed by atoms with van der Waals surface area (Å²) in [5.41, 5.74) is 0.990. The summed E-state index contributed by atoms with van der Waals surface area (Å²) in [7, 11) is 0. The first-order valence-corrected chi connectivity index (χ1v) is 7.32. The standard InChI is InChI=1S/C14H19N3OS/c1-4-7-17-8-5-12(6-9-17)13(18)16-14-15-10(2)11(3)19-14/h1,12H,5-9H2,2-3H3,(H,15,16,18). The zero-order valence-corrected chi connectivity index (χ0v) is 12.2. The van der Waals surface area contributed by atoms with Gasteiger partial charge in [-0.1, -0.05) is 5.92 Å². The Balaban J connectivity index is 1.86. The molecule has 1 aromatic rings. The Morgan fingerprint density at radius 3 is 2.74 bits per heavy atom. The number of nitrogens with one attached hydrogen (secondary N) is 1. The smallest absolute Gasteiger partial charge is 0.229 e. The summed E-state index contributed by atoms with van der Waals surface area (Å²) < 4.78 is 0. The molecule has 1 N–H and O–H groups in total. The number of rotatable bonds is 3. The summed E-state index contributed by atoms with van der Waals surface area (Å²) in [6.45, 7) is 6.45. The van der Waals surface area contributed by atoms with E-state index in [4.69, 9.17) is 6.42 Å². The zero-order valence-electron chi connectivity index (χ0n) is 11.4. The number of terminal acetylenes is 1. The van der Waals surface area contributed by atoms with E-state index in [1.165, 1.54) is 11.3 Å². The number of carbonyl (C=O) groups is 1. The van der Waals surface area contributed by atoms with Crippen LogP contribution in [-0.2, 0) is 4.79 Å². The molecule has 4 nitrogen and oxygen atoms in total. The Kier molecular flexibility index (Phi) is 4.56. The van der Waals surface area contributed by atoms with Gasteiger partial charge in [0.15, 0.2) is 5.13 Å². The molecule has 2 heterocycles. The van der Waals surface area contributed by atoms with Crippen LogP contribution in [0.5, 0.6) is 0 Å². The van der Waals surface area contributed by atoms with E-state index in [-0.39, 0.29) is 11.8 Å². The first kappa shape index (κ1) is 14.0. The topological polar surface area (TPSA) is 45.2 Å². The van der Waals surface area contributed by atoms with E-state index in [1.807, 2.05) is 13.8 Å². The number of thiazole rings is 1. The summed E-state index contributed by atoms with van der Waals surface area (Å²) in [6.07, 6.45) is 7.04. The predicted octanol–water partition coefficient (Wildman–Crippen LogP) is 2.04. The Labute approximate surface area is 118 Å². The maximum atomic E-state index is 12.1. The molecule has 1 aromatic heterocycles. The van der Waals surface area contributed by atoms with Crippen LogP contribution in [0.15, 0.2) is 0 Å². The number of hydrogen-bond donors (Lipinski definition) is 1. The van der Waals surface area contributed by atoms with Crippen LogP contribution in [-0.4, -0.2) is 35.4 Å². The Hall–Kier alpha value is -1.38. The van der Waals surface area contributed by atoms with Crippen LogP contribution in [0.2, 0.25) is 0 Å². The molecule has 102 valence electrons. The van der Waals surface area contributed by atoms with E-state index in [1.54, 1.807) is 0 Å². The Morgan fingerprint density at radius 1 is 1.53 bits per heavy atom. The number of piperidine rings is 1. The molecule has 0 atom stereocenters. The van der Waals surface area contributed by atoms with E-state index in [2.05, 4.69) is 21.1 Å². The van der Waals surface area contributed by atoms with Crippen molar-refractivity contribution in [1.29, 1.82) is 0 Å². The van der Waals surface area contributed by atoms with Crippen molar-refractivity contribution in [2.24, 2.45) is 5.92 Å². The average molecular weight is 277 g/mol. The largest absolute Gasteiger partial charge is 0.302 e. The molecule has 1 aliphatic rings. The van der Waals surface area contributed by atoms with Crippen molar-refractivity contribution < 1.29 is 4.79 Å². The summed E-state index contributed by atoms with van der Waals surface area (Å²) in [4.78, 5) is 19.9. The van der Waals surface area contributed by atoms with Gasteiger partial charge in [0, 0.05) is 10.8 Å². The lowest BCUT2D eigenvalue weighted by atomic mass is 9.96. The van der Waals surface area contributed by atoms with E-state index < -0.39 is 0 Å². The number of aryl methyl sites for hydroxylation is 2. The molecule has 2 rings (SSSR count). The minimum Gasteiger partial charge on any atom is -0.302 e. The maximum Gasteiger partial charge on any atom is 0.229 e. The van der Waals surface area contributed by atoms with Gasteiger partial charge in [-0.05, 0) is 39.8 Å². The molecular weight excluding hydrogens is 258 g/mol. The molecule has 0 saturated carbocycles. The molecular formula is C14H19N3OS. The summed E-state index contributed by atoms with van der Waals surface area (Å²) in [5.74, 6) is 2.82. The summed E-state index contributed by atoms with van der Waals surface area (Å²) in [6, 6.07) is 0. The Bertz CT molecular complexity index is 476. The van der Waals surface area contributed by atoms with E-state index in [0.717, 1.165) is 36.5 Å². The van der Waals surface area contributed by atoms with Gasteiger partial charge < -0.3 is 5.32 Å². The molecule has 0 aromatic carbocycles. The van der Waals surface area contributed by atoms with Gasteiger partial charge in [-0.2, -0.15) is 0 Å². The van der Waals surface area contributed by atoms with Crippen molar-refractivity contribution in [2.75, 3.05) is 25.0 Å². The molecule has 1 aliphatic heterocycles. The van der Waals surface area contributed by atoms with Crippen LogP contribution in [0.25, 0.3) is 0 Å². The third-order valence-corrected chi connectivity index (χ3v) is 4.52. The molecule has 19 heavy (non-hydrogen) atoms. The van der Waals surface area contributed by atoms with Crippen molar-refractivity contribution in [3.05, 3.63) is 10.6 Å². The van der Waals surface area contributed by atoms with E-state index in [0.29, 0.717) is 11.7 Å².